The van der Waals surface area contributed by atoms with Gasteiger partial charge >= 0.3 is 0 Å². The van der Waals surface area contributed by atoms with Crippen molar-refractivity contribution in [2.45, 2.75) is 26.3 Å². The number of nitrogens with one attached hydrogen (secondary N) is 1. The third-order valence-corrected chi connectivity index (χ3v) is 7.19. The average molecular weight is 349 g/mol. The van der Waals surface area contributed by atoms with Gasteiger partial charge in [0.2, 0.25) is 7.29 Å². The predicted octanol–water partition coefficient (Wildman–Crippen LogP) is 4.96. The van der Waals surface area contributed by atoms with E-state index < -0.39 is 7.29 Å². The zero-order valence-corrected chi connectivity index (χ0v) is 15.6. The summed E-state index contributed by atoms with van der Waals surface area (Å²) in [5, 5.41) is 5.18. The van der Waals surface area contributed by atoms with Crippen LogP contribution in [0, 0.1) is 6.92 Å². The van der Waals surface area contributed by atoms with Gasteiger partial charge in [-0.3, -0.25) is 9.65 Å². The number of hydrogen-bond donors (Lipinski definition) is 1. The normalized spacial score (nSPS) is 12.7. The van der Waals surface area contributed by atoms with Crippen LogP contribution in [0.1, 0.15) is 30.5 Å². The lowest BCUT2D eigenvalue weighted by atomic mass is 10.0. The van der Waals surface area contributed by atoms with Crippen molar-refractivity contribution < 1.29 is 4.57 Å². The number of benzene rings is 3. The minimum Gasteiger partial charge on any atom is -0.297 e. The highest BCUT2D eigenvalue weighted by atomic mass is 31.2. The summed E-state index contributed by atoms with van der Waals surface area (Å²) in [5.74, 6) is 0. The molecule has 0 aliphatic carbocycles. The Kier molecular flexibility index (Phi) is 5.53. The van der Waals surface area contributed by atoms with Gasteiger partial charge in [-0.25, -0.2) is 0 Å². The van der Waals surface area contributed by atoms with Crippen LogP contribution in [-0.4, -0.2) is 0 Å². The van der Waals surface area contributed by atoms with Crippen LogP contribution in [0.25, 0.3) is 0 Å². The Morgan fingerprint density at radius 2 is 1.28 bits per heavy atom. The molecule has 0 radical (unpaired) electrons. The van der Waals surface area contributed by atoms with Crippen molar-refractivity contribution in [2.75, 3.05) is 0 Å². The fourth-order valence-corrected chi connectivity index (χ4v) is 5.54. The molecule has 0 spiro atoms. The molecule has 0 aliphatic heterocycles. The summed E-state index contributed by atoms with van der Waals surface area (Å²) in [7, 11) is -2.92. The Bertz CT molecular complexity index is 801. The van der Waals surface area contributed by atoms with E-state index >= 15 is 0 Å². The Morgan fingerprint density at radius 3 is 1.72 bits per heavy atom. The van der Waals surface area contributed by atoms with E-state index in [9.17, 15) is 4.57 Å². The van der Waals surface area contributed by atoms with Gasteiger partial charge in [0.1, 0.15) is 0 Å². The van der Waals surface area contributed by atoms with Crippen molar-refractivity contribution in [3.05, 3.63) is 96.1 Å². The third-order valence-electron chi connectivity index (χ3n) is 4.47. The molecule has 0 aromatic heterocycles. The summed E-state index contributed by atoms with van der Waals surface area (Å²) in [5.41, 5.74) is 2.40. The van der Waals surface area contributed by atoms with Crippen molar-refractivity contribution in [1.29, 1.82) is 0 Å². The quantitative estimate of drug-likeness (QED) is 0.637. The molecule has 3 aromatic carbocycles. The van der Waals surface area contributed by atoms with Crippen LogP contribution in [0.15, 0.2) is 84.9 Å². The van der Waals surface area contributed by atoms with Crippen LogP contribution < -0.4 is 15.7 Å². The fraction of sp³-hybridized carbons (Fsp3) is 0.182. The number of rotatable bonds is 6. The summed E-state index contributed by atoms with van der Waals surface area (Å²) >= 11 is 0. The lowest BCUT2D eigenvalue weighted by Crippen LogP contribution is -2.30. The lowest BCUT2D eigenvalue weighted by molar-refractivity contribution is 0.555. The molecule has 0 saturated carbocycles. The highest BCUT2D eigenvalue weighted by Gasteiger charge is 2.29. The second-order valence-electron chi connectivity index (χ2n) is 6.28. The van der Waals surface area contributed by atoms with E-state index in [0.29, 0.717) is 0 Å². The van der Waals surface area contributed by atoms with E-state index in [1.54, 1.807) is 0 Å². The highest BCUT2D eigenvalue weighted by Crippen LogP contribution is 2.42. The van der Waals surface area contributed by atoms with Crippen LogP contribution in [0.4, 0.5) is 0 Å². The minimum atomic E-state index is -2.92. The fourth-order valence-electron chi connectivity index (χ4n) is 2.99. The smallest absolute Gasteiger partial charge is 0.205 e. The zero-order chi connectivity index (χ0) is 17.7. The molecule has 0 heterocycles. The first-order valence-electron chi connectivity index (χ1n) is 8.69. The molecule has 0 aliphatic rings. The lowest BCUT2D eigenvalue weighted by Gasteiger charge is -2.26. The van der Waals surface area contributed by atoms with Gasteiger partial charge in [0.15, 0.2) is 0 Å². The van der Waals surface area contributed by atoms with Crippen molar-refractivity contribution in [3.8, 4) is 0 Å². The Morgan fingerprint density at radius 1 is 0.800 bits per heavy atom. The summed E-state index contributed by atoms with van der Waals surface area (Å²) in [4.78, 5) is 0. The molecule has 0 unspecified atom stereocenters. The monoisotopic (exact) mass is 349 g/mol. The summed E-state index contributed by atoms with van der Waals surface area (Å²) in [6.45, 7) is 4.20. The first kappa shape index (κ1) is 17.7. The van der Waals surface area contributed by atoms with Gasteiger partial charge in [-0.1, -0.05) is 73.2 Å². The second-order valence-corrected chi connectivity index (χ2v) is 8.79. The average Bonchev–Trinajstić information content (AvgIpc) is 2.68. The molecule has 3 aromatic rings. The Labute approximate surface area is 150 Å². The van der Waals surface area contributed by atoms with Crippen molar-refractivity contribution in [1.82, 2.24) is 5.09 Å². The maximum absolute atomic E-state index is 14.1. The van der Waals surface area contributed by atoms with Crippen LogP contribution in [-0.2, 0) is 4.57 Å². The standard InChI is InChI=1S/C22H24NOP/c1-3-22(19-16-14-18(2)15-17-19)23-25(24,20-10-6-4-7-11-20)21-12-8-5-9-13-21/h4-17,22H,3H2,1-2H3,(H,23,24)/t22-/m1/s1. The van der Waals surface area contributed by atoms with Crippen LogP contribution in [0.3, 0.4) is 0 Å². The summed E-state index contributed by atoms with van der Waals surface area (Å²) < 4.78 is 14.1. The minimum absolute atomic E-state index is 0.0341. The van der Waals surface area contributed by atoms with Crippen molar-refractivity contribution in [2.24, 2.45) is 0 Å². The number of hydrogen-bond acceptors (Lipinski definition) is 1. The zero-order valence-electron chi connectivity index (χ0n) is 14.7. The highest BCUT2D eigenvalue weighted by molar-refractivity contribution is 7.76. The molecular weight excluding hydrogens is 325 g/mol. The third kappa shape index (κ3) is 3.92. The molecule has 3 heteroatoms. The van der Waals surface area contributed by atoms with Gasteiger partial charge in [-0.2, -0.15) is 0 Å². The largest absolute Gasteiger partial charge is 0.297 e. The molecule has 0 bridgehead atoms. The van der Waals surface area contributed by atoms with Gasteiger partial charge in [-0.15, -0.1) is 0 Å². The number of aryl methyl sites for hydroxylation is 1. The predicted molar refractivity (Wildman–Crippen MR) is 107 cm³/mol. The molecule has 0 amide bonds. The molecule has 1 atom stereocenters. The van der Waals surface area contributed by atoms with E-state index in [0.717, 1.165) is 17.0 Å². The molecule has 3 rings (SSSR count). The SMILES string of the molecule is CC[C@@H](NP(=O)(c1ccccc1)c1ccccc1)c1ccc(C)cc1. The topological polar surface area (TPSA) is 29.1 Å². The molecule has 128 valence electrons. The Balaban J connectivity index is 2.03. The van der Waals surface area contributed by atoms with Crippen LogP contribution in [0.2, 0.25) is 0 Å². The maximum Gasteiger partial charge on any atom is 0.205 e. The summed E-state index contributed by atoms with van der Waals surface area (Å²) in [6, 6.07) is 28.0. The van der Waals surface area contributed by atoms with Gasteiger partial charge < -0.3 is 0 Å². The Hall–Kier alpha value is -2.15. The van der Waals surface area contributed by atoms with E-state index in [1.165, 1.54) is 11.1 Å². The van der Waals surface area contributed by atoms with Crippen molar-refractivity contribution in [3.63, 3.8) is 0 Å². The molecule has 1 N–H and O–H groups in total. The first-order valence-corrected chi connectivity index (χ1v) is 10.4. The molecule has 2 nitrogen and oxygen atoms in total. The maximum atomic E-state index is 14.1. The van der Waals surface area contributed by atoms with E-state index in [4.69, 9.17) is 0 Å². The van der Waals surface area contributed by atoms with E-state index in [-0.39, 0.29) is 6.04 Å². The van der Waals surface area contributed by atoms with E-state index in [1.807, 2.05) is 60.7 Å². The molecular formula is C22H24NOP. The molecule has 0 saturated heterocycles. The van der Waals surface area contributed by atoms with Crippen LogP contribution in [0.5, 0.6) is 0 Å². The van der Waals surface area contributed by atoms with Gasteiger partial charge in [0.05, 0.1) is 0 Å². The molecule has 25 heavy (non-hydrogen) atoms. The van der Waals surface area contributed by atoms with E-state index in [2.05, 4.69) is 43.2 Å². The summed E-state index contributed by atoms with van der Waals surface area (Å²) in [6.07, 6.45) is 0.868. The van der Waals surface area contributed by atoms with Crippen LogP contribution >= 0.6 is 7.29 Å². The first-order chi connectivity index (χ1) is 12.1. The second kappa shape index (κ2) is 7.82. The van der Waals surface area contributed by atoms with Gasteiger partial charge in [0, 0.05) is 16.7 Å². The van der Waals surface area contributed by atoms with Gasteiger partial charge in [0.25, 0.3) is 0 Å². The van der Waals surface area contributed by atoms with Gasteiger partial charge in [-0.05, 0) is 43.2 Å². The molecule has 0 fully saturated rings. The van der Waals surface area contributed by atoms with Crippen molar-refractivity contribution >= 4 is 17.9 Å².